The number of pyridine rings is 1. The molecule has 1 aliphatic carbocycles. The van der Waals surface area contributed by atoms with Crippen LogP contribution < -0.4 is 4.90 Å². The van der Waals surface area contributed by atoms with Crippen LogP contribution in [0.1, 0.15) is 44.7 Å². The third kappa shape index (κ3) is 3.56. The minimum Gasteiger partial charge on any atom is -0.340 e. The van der Waals surface area contributed by atoms with Gasteiger partial charge in [0.1, 0.15) is 6.33 Å². The van der Waals surface area contributed by atoms with Gasteiger partial charge in [-0.3, -0.25) is 4.98 Å². The lowest BCUT2D eigenvalue weighted by Crippen LogP contribution is -2.28. The summed E-state index contributed by atoms with van der Waals surface area (Å²) in [6.07, 6.45) is 13.8. The number of rotatable bonds is 6. The number of aromatic nitrogens is 4. The van der Waals surface area contributed by atoms with E-state index in [1.54, 1.807) is 0 Å². The Bertz CT molecular complexity index is 1090. The highest BCUT2D eigenvalue weighted by Gasteiger charge is 2.32. The Morgan fingerprint density at radius 2 is 1.90 bits per heavy atom. The highest BCUT2D eigenvalue weighted by Crippen LogP contribution is 2.43. The molecule has 1 saturated carbocycles. The molecule has 5 heteroatoms. The van der Waals surface area contributed by atoms with Crippen LogP contribution in [0.25, 0.3) is 17.0 Å². The van der Waals surface area contributed by atoms with Crippen molar-refractivity contribution in [2.75, 3.05) is 11.4 Å². The molecule has 0 saturated heterocycles. The zero-order valence-electron chi connectivity index (χ0n) is 17.6. The standard InChI is InChI=1S/C25H27N5/c1-3-18(2)30-17-27-28-25(30)21-5-4-6-23(15-21)29-16-22(19-11-13-26-14-12-19)9-10-24(29)20-7-8-20/h4-6,9-15,17-18,20H,3,7-8,16H2,1-2H3/t18-/m0/s1. The molecule has 152 valence electrons. The predicted octanol–water partition coefficient (Wildman–Crippen LogP) is 5.51. The van der Waals surface area contributed by atoms with Gasteiger partial charge in [-0.1, -0.05) is 25.1 Å². The van der Waals surface area contributed by atoms with Crippen LogP contribution in [0.5, 0.6) is 0 Å². The van der Waals surface area contributed by atoms with Gasteiger partial charge in [-0.05, 0) is 73.6 Å². The summed E-state index contributed by atoms with van der Waals surface area (Å²) in [6.45, 7) is 5.27. The molecule has 1 fully saturated rings. The molecule has 3 aromatic rings. The van der Waals surface area contributed by atoms with Crippen molar-refractivity contribution in [2.45, 2.75) is 39.2 Å². The number of anilines is 1. The monoisotopic (exact) mass is 397 g/mol. The van der Waals surface area contributed by atoms with Gasteiger partial charge in [-0.25, -0.2) is 0 Å². The van der Waals surface area contributed by atoms with Crippen molar-refractivity contribution in [1.82, 2.24) is 19.7 Å². The second kappa shape index (κ2) is 7.90. The van der Waals surface area contributed by atoms with E-state index in [0.29, 0.717) is 12.0 Å². The van der Waals surface area contributed by atoms with Gasteiger partial charge in [0.25, 0.3) is 0 Å². The Hall–Kier alpha value is -3.21. The summed E-state index contributed by atoms with van der Waals surface area (Å²) < 4.78 is 2.18. The topological polar surface area (TPSA) is 46.8 Å². The van der Waals surface area contributed by atoms with E-state index in [2.05, 4.69) is 87.0 Å². The number of allylic oxidation sites excluding steroid dienone is 3. The van der Waals surface area contributed by atoms with Gasteiger partial charge in [0.15, 0.2) is 5.82 Å². The lowest BCUT2D eigenvalue weighted by molar-refractivity contribution is 0.534. The van der Waals surface area contributed by atoms with E-state index >= 15 is 0 Å². The van der Waals surface area contributed by atoms with Crippen LogP contribution in [0.4, 0.5) is 5.69 Å². The third-order valence-corrected chi connectivity index (χ3v) is 6.20. The fourth-order valence-electron chi connectivity index (χ4n) is 4.10. The van der Waals surface area contributed by atoms with Crippen molar-refractivity contribution in [2.24, 2.45) is 5.92 Å². The number of hydrogen-bond donors (Lipinski definition) is 0. The fourth-order valence-corrected chi connectivity index (χ4v) is 4.10. The molecule has 0 amide bonds. The van der Waals surface area contributed by atoms with Gasteiger partial charge in [-0.2, -0.15) is 0 Å². The summed E-state index contributed by atoms with van der Waals surface area (Å²) in [5.74, 6) is 1.61. The molecule has 5 rings (SSSR count). The van der Waals surface area contributed by atoms with E-state index < -0.39 is 0 Å². The van der Waals surface area contributed by atoms with E-state index in [4.69, 9.17) is 0 Å². The van der Waals surface area contributed by atoms with Gasteiger partial charge in [0.05, 0.1) is 0 Å². The SMILES string of the molecule is CC[C@H](C)n1cnnc1-c1cccc(N2CC(c3ccncc3)=CC=C2C2CC2)c1. The van der Waals surface area contributed by atoms with Gasteiger partial charge >= 0.3 is 0 Å². The molecule has 0 spiro atoms. The first-order valence-electron chi connectivity index (χ1n) is 10.8. The zero-order chi connectivity index (χ0) is 20.5. The highest BCUT2D eigenvalue weighted by molar-refractivity contribution is 5.77. The minimum atomic E-state index is 0.372. The second-order valence-corrected chi connectivity index (χ2v) is 8.25. The molecule has 0 bridgehead atoms. The van der Waals surface area contributed by atoms with E-state index in [9.17, 15) is 0 Å². The highest BCUT2D eigenvalue weighted by atomic mass is 15.3. The summed E-state index contributed by atoms with van der Waals surface area (Å²) in [4.78, 5) is 6.64. The smallest absolute Gasteiger partial charge is 0.164 e. The molecule has 0 radical (unpaired) electrons. The van der Waals surface area contributed by atoms with Crippen LogP contribution in [0.3, 0.4) is 0 Å². The van der Waals surface area contributed by atoms with Crippen LogP contribution in [-0.2, 0) is 0 Å². The summed E-state index contributed by atoms with van der Waals surface area (Å²) in [6, 6.07) is 13.3. The van der Waals surface area contributed by atoms with E-state index in [-0.39, 0.29) is 0 Å². The molecule has 5 nitrogen and oxygen atoms in total. The van der Waals surface area contributed by atoms with Crippen molar-refractivity contribution in [3.8, 4) is 11.4 Å². The zero-order valence-corrected chi connectivity index (χ0v) is 17.6. The van der Waals surface area contributed by atoms with Gasteiger partial charge < -0.3 is 9.47 Å². The molecule has 30 heavy (non-hydrogen) atoms. The average molecular weight is 398 g/mol. The van der Waals surface area contributed by atoms with Gasteiger partial charge in [-0.15, -0.1) is 10.2 Å². The van der Waals surface area contributed by atoms with E-state index in [0.717, 1.165) is 24.4 Å². The van der Waals surface area contributed by atoms with E-state index in [1.165, 1.54) is 35.4 Å². The van der Waals surface area contributed by atoms with Crippen LogP contribution in [0.15, 0.2) is 73.0 Å². The lowest BCUT2D eigenvalue weighted by atomic mass is 10.0. The van der Waals surface area contributed by atoms with Crippen LogP contribution >= 0.6 is 0 Å². The van der Waals surface area contributed by atoms with Crippen LogP contribution in [0.2, 0.25) is 0 Å². The summed E-state index contributed by atoms with van der Waals surface area (Å²) in [7, 11) is 0. The normalized spacial score (nSPS) is 17.5. The predicted molar refractivity (Wildman–Crippen MR) is 121 cm³/mol. The molecular weight excluding hydrogens is 370 g/mol. The van der Waals surface area contributed by atoms with Crippen molar-refractivity contribution >= 4 is 11.3 Å². The van der Waals surface area contributed by atoms with Gasteiger partial charge in [0, 0.05) is 41.9 Å². The molecule has 0 unspecified atom stereocenters. The summed E-state index contributed by atoms with van der Waals surface area (Å²) >= 11 is 0. The Labute approximate surface area is 177 Å². The molecular formula is C25H27N5. The average Bonchev–Trinajstić information content (AvgIpc) is 3.54. The van der Waals surface area contributed by atoms with Crippen LogP contribution in [0, 0.1) is 5.92 Å². The molecule has 3 heterocycles. The van der Waals surface area contributed by atoms with Crippen molar-refractivity contribution < 1.29 is 0 Å². The fraction of sp³-hybridized carbons (Fsp3) is 0.320. The summed E-state index contributed by atoms with van der Waals surface area (Å²) in [5, 5.41) is 8.62. The number of hydrogen-bond acceptors (Lipinski definition) is 4. The molecule has 2 aromatic heterocycles. The van der Waals surface area contributed by atoms with Gasteiger partial charge in [0.2, 0.25) is 0 Å². The number of nitrogens with zero attached hydrogens (tertiary/aromatic N) is 5. The Morgan fingerprint density at radius 3 is 2.67 bits per heavy atom. The van der Waals surface area contributed by atoms with Crippen molar-refractivity contribution in [3.05, 3.63) is 78.5 Å². The second-order valence-electron chi connectivity index (χ2n) is 8.25. The van der Waals surface area contributed by atoms with Crippen molar-refractivity contribution in [1.29, 1.82) is 0 Å². The summed E-state index contributed by atoms with van der Waals surface area (Å²) in [5.41, 5.74) is 6.29. The quantitative estimate of drug-likeness (QED) is 0.550. The first kappa shape index (κ1) is 18.8. The first-order valence-corrected chi connectivity index (χ1v) is 10.8. The maximum absolute atomic E-state index is 4.43. The Kier molecular flexibility index (Phi) is 4.95. The lowest BCUT2D eigenvalue weighted by Gasteiger charge is -2.32. The third-order valence-electron chi connectivity index (χ3n) is 6.20. The minimum absolute atomic E-state index is 0.372. The maximum atomic E-state index is 4.43. The Balaban J connectivity index is 1.51. The maximum Gasteiger partial charge on any atom is 0.164 e. The van der Waals surface area contributed by atoms with Crippen LogP contribution in [-0.4, -0.2) is 26.3 Å². The number of benzene rings is 1. The van der Waals surface area contributed by atoms with Crippen molar-refractivity contribution in [3.63, 3.8) is 0 Å². The molecule has 2 aliphatic rings. The molecule has 1 aromatic carbocycles. The molecule has 1 atom stereocenters. The Morgan fingerprint density at radius 1 is 1.07 bits per heavy atom. The molecule has 1 aliphatic heterocycles. The first-order chi connectivity index (χ1) is 14.7. The largest absolute Gasteiger partial charge is 0.340 e. The molecule has 0 N–H and O–H groups in total. The van der Waals surface area contributed by atoms with E-state index in [1.807, 2.05) is 18.7 Å².